The highest BCUT2D eigenvalue weighted by atomic mass is 16.2. The van der Waals surface area contributed by atoms with Gasteiger partial charge in [-0.3, -0.25) is 19.4 Å². The normalized spacial score (nSPS) is 28.9. The highest BCUT2D eigenvalue weighted by molar-refractivity contribution is 5.78. The van der Waals surface area contributed by atoms with E-state index in [4.69, 9.17) is 0 Å². The van der Waals surface area contributed by atoms with Crippen molar-refractivity contribution in [1.29, 1.82) is 0 Å². The van der Waals surface area contributed by atoms with Crippen molar-refractivity contribution in [2.75, 3.05) is 46.3 Å². The lowest BCUT2D eigenvalue weighted by molar-refractivity contribution is -0.130. The van der Waals surface area contributed by atoms with E-state index in [0.29, 0.717) is 25.6 Å². The van der Waals surface area contributed by atoms with Crippen molar-refractivity contribution in [3.8, 4) is 0 Å². The quantitative estimate of drug-likeness (QED) is 0.741. The van der Waals surface area contributed by atoms with E-state index in [0.717, 1.165) is 51.9 Å². The maximum Gasteiger partial charge on any atom is 0.234 e. The minimum atomic E-state index is -0.00501. The zero-order valence-corrected chi connectivity index (χ0v) is 16.9. The molecule has 1 saturated carbocycles. The van der Waals surface area contributed by atoms with E-state index in [1.165, 1.54) is 19.3 Å². The molecule has 3 rings (SSSR count). The fraction of sp³-hybridized carbons (Fsp3) is 0.810. The van der Waals surface area contributed by atoms with Crippen molar-refractivity contribution in [3.63, 3.8) is 0 Å². The SMILES string of the molecule is C=CCN1CC[C@@]2(CCC1=O)CN(CC(=O)NC1CCCCC1)CCN2C. The summed E-state index contributed by atoms with van der Waals surface area (Å²) < 4.78 is 0. The van der Waals surface area contributed by atoms with Gasteiger partial charge in [0, 0.05) is 50.7 Å². The van der Waals surface area contributed by atoms with Crippen molar-refractivity contribution in [2.24, 2.45) is 0 Å². The summed E-state index contributed by atoms with van der Waals surface area (Å²) in [5.74, 6) is 0.395. The average Bonchev–Trinajstić information content (AvgIpc) is 2.81. The number of carbonyl (C=O) groups is 2. The maximum atomic E-state index is 12.5. The van der Waals surface area contributed by atoms with E-state index in [-0.39, 0.29) is 17.4 Å². The molecular formula is C21H36N4O2. The average molecular weight is 377 g/mol. The van der Waals surface area contributed by atoms with Crippen molar-refractivity contribution >= 4 is 11.8 Å². The lowest BCUT2D eigenvalue weighted by Gasteiger charge is -2.49. The van der Waals surface area contributed by atoms with Crippen LogP contribution in [0.25, 0.3) is 0 Å². The lowest BCUT2D eigenvalue weighted by atomic mass is 9.86. The van der Waals surface area contributed by atoms with E-state index < -0.39 is 0 Å². The molecule has 0 unspecified atom stereocenters. The van der Waals surface area contributed by atoms with E-state index in [1.807, 2.05) is 11.0 Å². The van der Waals surface area contributed by atoms with Gasteiger partial charge in [0.25, 0.3) is 0 Å². The second kappa shape index (κ2) is 9.20. The van der Waals surface area contributed by atoms with Crippen LogP contribution in [-0.2, 0) is 9.59 Å². The fourth-order valence-corrected chi connectivity index (χ4v) is 4.98. The molecule has 1 aliphatic carbocycles. The third-order valence-electron chi connectivity index (χ3n) is 6.77. The second-order valence-electron chi connectivity index (χ2n) is 8.64. The van der Waals surface area contributed by atoms with E-state index in [1.54, 1.807) is 0 Å². The number of nitrogens with one attached hydrogen (secondary N) is 1. The Bertz CT molecular complexity index is 546. The zero-order valence-electron chi connectivity index (χ0n) is 16.9. The monoisotopic (exact) mass is 376 g/mol. The number of nitrogens with zero attached hydrogens (tertiary/aromatic N) is 3. The number of likely N-dealkylation sites (tertiary alicyclic amines) is 1. The molecule has 0 aromatic heterocycles. The van der Waals surface area contributed by atoms with Gasteiger partial charge in [-0.05, 0) is 32.7 Å². The molecule has 3 aliphatic rings. The van der Waals surface area contributed by atoms with Gasteiger partial charge in [-0.1, -0.05) is 25.3 Å². The van der Waals surface area contributed by atoms with Crippen molar-refractivity contribution in [1.82, 2.24) is 20.0 Å². The van der Waals surface area contributed by atoms with Crippen LogP contribution in [0.15, 0.2) is 12.7 Å². The van der Waals surface area contributed by atoms with Gasteiger partial charge in [0.05, 0.1) is 6.54 Å². The number of hydrogen-bond acceptors (Lipinski definition) is 4. The highest BCUT2D eigenvalue weighted by Gasteiger charge is 2.42. The van der Waals surface area contributed by atoms with Crippen LogP contribution in [-0.4, -0.2) is 84.4 Å². The van der Waals surface area contributed by atoms with Gasteiger partial charge in [0.2, 0.25) is 11.8 Å². The Morgan fingerprint density at radius 2 is 2.00 bits per heavy atom. The Kier molecular flexibility index (Phi) is 6.93. The molecule has 2 heterocycles. The summed E-state index contributed by atoms with van der Waals surface area (Å²) in [7, 11) is 2.17. The molecule has 6 nitrogen and oxygen atoms in total. The first-order chi connectivity index (χ1) is 13.0. The Hall–Kier alpha value is -1.40. The van der Waals surface area contributed by atoms with Crippen molar-refractivity contribution in [3.05, 3.63) is 12.7 Å². The van der Waals surface area contributed by atoms with Gasteiger partial charge >= 0.3 is 0 Å². The zero-order chi connectivity index (χ0) is 19.3. The third kappa shape index (κ3) is 5.11. The summed E-state index contributed by atoms with van der Waals surface area (Å²) in [5.41, 5.74) is -0.00501. The first kappa shape index (κ1) is 20.3. The summed E-state index contributed by atoms with van der Waals surface area (Å²) in [6.07, 6.45) is 10.2. The van der Waals surface area contributed by atoms with E-state index in [2.05, 4.69) is 28.7 Å². The van der Waals surface area contributed by atoms with Crippen LogP contribution >= 0.6 is 0 Å². The topological polar surface area (TPSA) is 55.9 Å². The standard InChI is InChI=1S/C21H36N4O2/c1-3-12-25-13-11-21(10-9-20(25)27)17-24(15-14-23(21)2)16-19(26)22-18-7-5-4-6-8-18/h3,18H,1,4-17H2,2H3,(H,22,26)/t21-/m0/s1. The number of carbonyl (C=O) groups excluding carboxylic acids is 2. The molecule has 1 spiro atoms. The summed E-state index contributed by atoms with van der Waals surface area (Å²) in [6.45, 7) is 8.40. The number of hydrogen-bond donors (Lipinski definition) is 1. The Morgan fingerprint density at radius 1 is 1.22 bits per heavy atom. The molecule has 0 aromatic carbocycles. The molecule has 0 radical (unpaired) electrons. The smallest absolute Gasteiger partial charge is 0.234 e. The molecule has 3 fully saturated rings. The summed E-state index contributed by atoms with van der Waals surface area (Å²) in [5, 5.41) is 3.24. The van der Waals surface area contributed by atoms with E-state index in [9.17, 15) is 9.59 Å². The minimum Gasteiger partial charge on any atom is -0.352 e. The molecule has 1 atom stereocenters. The molecule has 2 aliphatic heterocycles. The number of likely N-dealkylation sites (N-methyl/N-ethyl adjacent to an activating group) is 1. The highest BCUT2D eigenvalue weighted by Crippen LogP contribution is 2.32. The molecule has 2 amide bonds. The maximum absolute atomic E-state index is 12.5. The molecular weight excluding hydrogens is 340 g/mol. The predicted molar refractivity (Wildman–Crippen MR) is 107 cm³/mol. The van der Waals surface area contributed by atoms with Crippen molar-refractivity contribution < 1.29 is 9.59 Å². The van der Waals surface area contributed by atoms with Gasteiger partial charge in [-0.25, -0.2) is 0 Å². The number of rotatable bonds is 5. The van der Waals surface area contributed by atoms with Gasteiger partial charge in [-0.15, -0.1) is 6.58 Å². The summed E-state index contributed by atoms with van der Waals surface area (Å²) in [6, 6.07) is 0.371. The molecule has 152 valence electrons. The minimum absolute atomic E-state index is 0.00501. The summed E-state index contributed by atoms with van der Waals surface area (Å²) in [4.78, 5) is 31.6. The molecule has 1 N–H and O–H groups in total. The van der Waals surface area contributed by atoms with Gasteiger partial charge in [0.15, 0.2) is 0 Å². The third-order valence-corrected chi connectivity index (χ3v) is 6.77. The Balaban J connectivity index is 1.57. The number of amides is 2. The summed E-state index contributed by atoms with van der Waals surface area (Å²) >= 11 is 0. The fourth-order valence-electron chi connectivity index (χ4n) is 4.98. The van der Waals surface area contributed by atoms with Gasteiger partial charge in [-0.2, -0.15) is 0 Å². The van der Waals surface area contributed by atoms with Crippen LogP contribution in [0.4, 0.5) is 0 Å². The van der Waals surface area contributed by atoms with Crippen LogP contribution in [0.5, 0.6) is 0 Å². The second-order valence-corrected chi connectivity index (χ2v) is 8.64. The molecule has 27 heavy (non-hydrogen) atoms. The molecule has 2 saturated heterocycles. The molecule has 6 heteroatoms. The van der Waals surface area contributed by atoms with E-state index >= 15 is 0 Å². The van der Waals surface area contributed by atoms with Gasteiger partial charge < -0.3 is 10.2 Å². The van der Waals surface area contributed by atoms with Crippen molar-refractivity contribution in [2.45, 2.75) is 62.9 Å². The van der Waals surface area contributed by atoms with Gasteiger partial charge in [0.1, 0.15) is 0 Å². The van der Waals surface area contributed by atoms with Crippen LogP contribution < -0.4 is 5.32 Å². The molecule has 0 bridgehead atoms. The Morgan fingerprint density at radius 3 is 2.74 bits per heavy atom. The Labute approximate surface area is 163 Å². The van der Waals surface area contributed by atoms with Crippen LogP contribution in [0, 0.1) is 0 Å². The van der Waals surface area contributed by atoms with Crippen LogP contribution in [0.2, 0.25) is 0 Å². The van der Waals surface area contributed by atoms with Crippen LogP contribution in [0.1, 0.15) is 51.4 Å². The largest absolute Gasteiger partial charge is 0.352 e. The number of piperazine rings is 1. The predicted octanol–water partition coefficient (Wildman–Crippen LogP) is 1.62. The first-order valence-corrected chi connectivity index (χ1v) is 10.6. The first-order valence-electron chi connectivity index (χ1n) is 10.6. The molecule has 0 aromatic rings. The van der Waals surface area contributed by atoms with Crippen LogP contribution in [0.3, 0.4) is 0 Å². The lowest BCUT2D eigenvalue weighted by Crippen LogP contribution is -2.62.